The van der Waals surface area contributed by atoms with Crippen LogP contribution >= 0.6 is 11.6 Å². The van der Waals surface area contributed by atoms with E-state index in [1.807, 2.05) is 11.6 Å². The number of hydrogen-bond acceptors (Lipinski definition) is 3. The van der Waals surface area contributed by atoms with Crippen molar-refractivity contribution in [3.63, 3.8) is 0 Å². The fourth-order valence-electron chi connectivity index (χ4n) is 2.36. The Bertz CT molecular complexity index is 376. The van der Waals surface area contributed by atoms with Gasteiger partial charge in [0.1, 0.15) is 0 Å². The topological polar surface area (TPSA) is 55.9 Å². The maximum absolute atomic E-state index is 6.33. The third kappa shape index (κ3) is 4.79. The summed E-state index contributed by atoms with van der Waals surface area (Å²) in [6.45, 7) is 7.10. The average Bonchev–Trinajstić information content (AvgIpc) is 2.69. The van der Waals surface area contributed by atoms with Crippen LogP contribution in [0.4, 0.5) is 0 Å². The quantitative estimate of drug-likeness (QED) is 0.416. The van der Waals surface area contributed by atoms with Gasteiger partial charge in [-0.15, -0.1) is 0 Å². The number of hydrazine groups is 1. The molecule has 0 aromatic carbocycles. The Morgan fingerprint density at radius 1 is 1.32 bits per heavy atom. The molecular weight excluding hydrogens is 260 g/mol. The van der Waals surface area contributed by atoms with Crippen LogP contribution in [0.1, 0.15) is 57.3 Å². The van der Waals surface area contributed by atoms with Gasteiger partial charge in [-0.05, 0) is 20.3 Å². The molecule has 0 bridgehead atoms. The number of nitrogens with two attached hydrogens (primary N) is 1. The lowest BCUT2D eigenvalue weighted by molar-refractivity contribution is 0.448. The van der Waals surface area contributed by atoms with Gasteiger partial charge in [-0.25, -0.2) is 0 Å². The molecule has 0 spiro atoms. The van der Waals surface area contributed by atoms with Crippen LogP contribution in [0.25, 0.3) is 0 Å². The Morgan fingerprint density at radius 2 is 2.05 bits per heavy atom. The van der Waals surface area contributed by atoms with Crippen LogP contribution in [0, 0.1) is 6.92 Å². The minimum absolute atomic E-state index is 0.274. The highest BCUT2D eigenvalue weighted by molar-refractivity contribution is 6.31. The molecule has 5 heteroatoms. The van der Waals surface area contributed by atoms with Gasteiger partial charge in [0.05, 0.1) is 16.4 Å². The monoisotopic (exact) mass is 286 g/mol. The van der Waals surface area contributed by atoms with Crippen molar-refractivity contribution < 1.29 is 0 Å². The fraction of sp³-hybridized carbons (Fsp3) is 0.786. The molecule has 1 aromatic heterocycles. The van der Waals surface area contributed by atoms with E-state index in [0.29, 0.717) is 0 Å². The van der Waals surface area contributed by atoms with Crippen LogP contribution in [0.5, 0.6) is 0 Å². The molecule has 0 radical (unpaired) electrons. The van der Waals surface area contributed by atoms with E-state index in [2.05, 4.69) is 24.4 Å². The van der Waals surface area contributed by atoms with Crippen molar-refractivity contribution in [1.29, 1.82) is 0 Å². The molecule has 0 saturated heterocycles. The molecule has 0 amide bonds. The van der Waals surface area contributed by atoms with E-state index < -0.39 is 0 Å². The summed E-state index contributed by atoms with van der Waals surface area (Å²) < 4.78 is 1.98. The molecule has 3 N–H and O–H groups in total. The third-order valence-electron chi connectivity index (χ3n) is 3.53. The van der Waals surface area contributed by atoms with Gasteiger partial charge in [0.25, 0.3) is 0 Å². The van der Waals surface area contributed by atoms with Crippen molar-refractivity contribution in [3.05, 3.63) is 16.4 Å². The number of halogens is 1. The molecule has 0 aliphatic heterocycles. The lowest BCUT2D eigenvalue weighted by atomic mass is 10.0. The number of aromatic nitrogens is 2. The summed E-state index contributed by atoms with van der Waals surface area (Å²) in [7, 11) is 0. The van der Waals surface area contributed by atoms with E-state index in [9.17, 15) is 0 Å². The van der Waals surface area contributed by atoms with Crippen molar-refractivity contribution in [2.24, 2.45) is 5.84 Å². The van der Waals surface area contributed by atoms with Crippen LogP contribution in [-0.2, 0) is 13.0 Å². The molecule has 1 rings (SSSR count). The van der Waals surface area contributed by atoms with Crippen molar-refractivity contribution in [2.75, 3.05) is 0 Å². The van der Waals surface area contributed by atoms with Crippen molar-refractivity contribution in [3.8, 4) is 0 Å². The maximum Gasteiger partial charge on any atom is 0.0847 e. The standard InChI is InChI=1S/C14H27ClN4/c1-4-6-7-8-9-12(17-16)10-13-14(15)11(3)18-19(13)5-2/h12,17H,4-10,16H2,1-3H3. The first kappa shape index (κ1) is 16.5. The SMILES string of the molecule is CCCCCCC(Cc1c(Cl)c(C)nn1CC)NN. The van der Waals surface area contributed by atoms with Crippen molar-refractivity contribution in [1.82, 2.24) is 15.2 Å². The van der Waals surface area contributed by atoms with E-state index in [1.165, 1.54) is 25.7 Å². The Labute approximate surface area is 121 Å². The Kier molecular flexibility index (Phi) is 7.42. The first-order valence-electron chi connectivity index (χ1n) is 7.31. The molecule has 0 saturated carbocycles. The zero-order valence-corrected chi connectivity index (χ0v) is 13.1. The highest BCUT2D eigenvalue weighted by Crippen LogP contribution is 2.22. The summed E-state index contributed by atoms with van der Waals surface area (Å²) in [4.78, 5) is 0. The molecule has 0 aliphatic carbocycles. The summed E-state index contributed by atoms with van der Waals surface area (Å²) >= 11 is 6.33. The predicted molar refractivity (Wildman–Crippen MR) is 81.2 cm³/mol. The Hall–Kier alpha value is -0.580. The van der Waals surface area contributed by atoms with Crippen molar-refractivity contribution >= 4 is 11.6 Å². The van der Waals surface area contributed by atoms with Crippen LogP contribution in [0.15, 0.2) is 0 Å². The van der Waals surface area contributed by atoms with Crippen molar-refractivity contribution in [2.45, 2.75) is 71.9 Å². The first-order chi connectivity index (χ1) is 9.13. The van der Waals surface area contributed by atoms with Gasteiger partial charge in [-0.2, -0.15) is 5.10 Å². The van der Waals surface area contributed by atoms with Gasteiger partial charge >= 0.3 is 0 Å². The van der Waals surface area contributed by atoms with Gasteiger partial charge in [0.2, 0.25) is 0 Å². The van der Waals surface area contributed by atoms with Gasteiger partial charge < -0.3 is 0 Å². The number of hydrogen-bond donors (Lipinski definition) is 2. The van der Waals surface area contributed by atoms with E-state index in [1.54, 1.807) is 0 Å². The summed E-state index contributed by atoms with van der Waals surface area (Å²) in [6.07, 6.45) is 6.96. The summed E-state index contributed by atoms with van der Waals surface area (Å²) in [5.41, 5.74) is 4.92. The third-order valence-corrected chi connectivity index (χ3v) is 4.03. The summed E-state index contributed by atoms with van der Waals surface area (Å²) in [5, 5.41) is 5.23. The highest BCUT2D eigenvalue weighted by Gasteiger charge is 2.16. The minimum atomic E-state index is 0.274. The van der Waals surface area contributed by atoms with Gasteiger partial charge in [-0.3, -0.25) is 16.0 Å². The molecule has 1 aromatic rings. The van der Waals surface area contributed by atoms with E-state index in [0.717, 1.165) is 35.8 Å². The maximum atomic E-state index is 6.33. The number of aryl methyl sites for hydroxylation is 2. The van der Waals surface area contributed by atoms with Crippen LogP contribution in [0.3, 0.4) is 0 Å². The number of unbranched alkanes of at least 4 members (excludes halogenated alkanes) is 3. The Morgan fingerprint density at radius 3 is 2.63 bits per heavy atom. The van der Waals surface area contributed by atoms with Crippen LogP contribution in [-0.4, -0.2) is 15.8 Å². The van der Waals surface area contributed by atoms with Gasteiger partial charge in [0.15, 0.2) is 0 Å². The normalized spacial score (nSPS) is 12.9. The summed E-state index contributed by atoms with van der Waals surface area (Å²) in [6, 6.07) is 0.274. The number of nitrogens with one attached hydrogen (secondary N) is 1. The number of rotatable bonds is 9. The minimum Gasteiger partial charge on any atom is -0.271 e. The lowest BCUT2D eigenvalue weighted by Crippen LogP contribution is -2.37. The molecule has 110 valence electrons. The zero-order valence-electron chi connectivity index (χ0n) is 12.4. The van der Waals surface area contributed by atoms with Gasteiger partial charge in [-0.1, -0.05) is 44.2 Å². The fourth-order valence-corrected chi connectivity index (χ4v) is 2.57. The molecule has 1 atom stereocenters. The van der Waals surface area contributed by atoms with Gasteiger partial charge in [0, 0.05) is 19.0 Å². The summed E-state index contributed by atoms with van der Waals surface area (Å²) in [5.74, 6) is 5.66. The smallest absolute Gasteiger partial charge is 0.0847 e. The predicted octanol–water partition coefficient (Wildman–Crippen LogP) is 3.21. The van der Waals surface area contributed by atoms with E-state index in [4.69, 9.17) is 17.4 Å². The molecular formula is C14H27ClN4. The molecule has 4 nitrogen and oxygen atoms in total. The zero-order chi connectivity index (χ0) is 14.3. The molecule has 19 heavy (non-hydrogen) atoms. The lowest BCUT2D eigenvalue weighted by Gasteiger charge is -2.16. The molecule has 0 aliphatic rings. The number of nitrogens with zero attached hydrogens (tertiary/aromatic N) is 2. The molecule has 1 heterocycles. The van der Waals surface area contributed by atoms with Crippen LogP contribution in [0.2, 0.25) is 5.02 Å². The molecule has 1 unspecified atom stereocenters. The second-order valence-corrected chi connectivity index (χ2v) is 5.46. The van der Waals surface area contributed by atoms with E-state index >= 15 is 0 Å². The first-order valence-corrected chi connectivity index (χ1v) is 7.69. The molecule has 0 fully saturated rings. The largest absolute Gasteiger partial charge is 0.271 e. The van der Waals surface area contributed by atoms with Crippen LogP contribution < -0.4 is 11.3 Å². The average molecular weight is 287 g/mol. The highest BCUT2D eigenvalue weighted by atomic mass is 35.5. The second-order valence-electron chi connectivity index (χ2n) is 5.08. The second kappa shape index (κ2) is 8.56. The Balaban J connectivity index is 2.59. The van der Waals surface area contributed by atoms with E-state index in [-0.39, 0.29) is 6.04 Å².